The number of piperidine rings is 2. The number of sulfonamides is 1. The first kappa shape index (κ1) is 20.0. The zero-order valence-corrected chi connectivity index (χ0v) is 17.0. The Morgan fingerprint density at radius 2 is 1.54 bits per heavy atom. The van der Waals surface area contributed by atoms with Gasteiger partial charge in [-0.3, -0.25) is 0 Å². The zero-order chi connectivity index (χ0) is 19.9. The fourth-order valence-corrected chi connectivity index (χ4v) is 7.00. The van der Waals surface area contributed by atoms with Crippen LogP contribution in [-0.2, 0) is 10.0 Å². The predicted molar refractivity (Wildman–Crippen MR) is 102 cm³/mol. The maximum absolute atomic E-state index is 13.2. The highest BCUT2D eigenvalue weighted by Gasteiger charge is 2.48. The molecule has 3 atom stereocenters. The molecule has 3 saturated heterocycles. The Morgan fingerprint density at radius 1 is 0.964 bits per heavy atom. The van der Waals surface area contributed by atoms with Gasteiger partial charge >= 0.3 is 6.61 Å². The first-order valence-corrected chi connectivity index (χ1v) is 11.6. The van der Waals surface area contributed by atoms with E-state index in [1.54, 1.807) is 4.31 Å². The molecule has 3 aliphatic rings. The van der Waals surface area contributed by atoms with Gasteiger partial charge in [0.15, 0.2) is 0 Å². The number of nitrogens with zero attached hydrogens (tertiary/aromatic N) is 2. The lowest BCUT2D eigenvalue weighted by atomic mass is 9.93. The fraction of sp³-hybridized carbons (Fsp3) is 0.700. The van der Waals surface area contributed by atoms with Crippen molar-refractivity contribution >= 4 is 10.0 Å². The van der Waals surface area contributed by atoms with Gasteiger partial charge in [-0.25, -0.2) is 8.42 Å². The Bertz CT molecular complexity index is 765. The molecule has 1 aromatic rings. The van der Waals surface area contributed by atoms with Crippen LogP contribution in [0.3, 0.4) is 0 Å². The van der Waals surface area contributed by atoms with Crippen molar-refractivity contribution in [2.45, 2.75) is 75.1 Å². The van der Waals surface area contributed by atoms with Crippen molar-refractivity contribution in [2.75, 3.05) is 13.1 Å². The third-order valence-electron chi connectivity index (χ3n) is 6.60. The van der Waals surface area contributed by atoms with E-state index in [1.165, 1.54) is 37.1 Å². The summed E-state index contributed by atoms with van der Waals surface area (Å²) < 4.78 is 57.1. The Morgan fingerprint density at radius 3 is 2.07 bits per heavy atom. The Labute approximate surface area is 165 Å². The van der Waals surface area contributed by atoms with E-state index >= 15 is 0 Å². The standard InChI is InChI=1S/C20H28F2N2O3S/c1-14-8-10-23(11-9-14)17-12-15-2-3-16(13-17)24(15)28(25,26)19-6-4-18(5-7-19)27-20(21)22/h4-7,14-17,20H,2-3,8-13H2,1H3/t15-,16+,17-. The molecule has 0 aliphatic carbocycles. The van der Waals surface area contributed by atoms with E-state index in [9.17, 15) is 17.2 Å². The number of rotatable bonds is 5. The molecular formula is C20H28F2N2O3S. The number of benzene rings is 1. The molecule has 0 radical (unpaired) electrons. The van der Waals surface area contributed by atoms with Crippen molar-refractivity contribution in [3.8, 4) is 5.75 Å². The lowest BCUT2D eigenvalue weighted by Crippen LogP contribution is -2.53. The summed E-state index contributed by atoms with van der Waals surface area (Å²) in [6.45, 7) is 1.61. The molecule has 4 rings (SSSR count). The maximum atomic E-state index is 13.2. The van der Waals surface area contributed by atoms with Gasteiger partial charge in [0, 0.05) is 18.1 Å². The molecule has 3 fully saturated rings. The minimum absolute atomic E-state index is 0.0324. The Kier molecular flexibility index (Phi) is 5.64. The summed E-state index contributed by atoms with van der Waals surface area (Å²) in [6.07, 6.45) is 6.02. The minimum atomic E-state index is -3.63. The molecule has 3 heterocycles. The van der Waals surface area contributed by atoms with E-state index in [0.717, 1.165) is 44.7 Å². The van der Waals surface area contributed by atoms with Crippen molar-refractivity contribution in [3.05, 3.63) is 24.3 Å². The monoisotopic (exact) mass is 414 g/mol. The highest BCUT2D eigenvalue weighted by molar-refractivity contribution is 7.89. The lowest BCUT2D eigenvalue weighted by molar-refractivity contribution is -0.0498. The molecule has 0 N–H and O–H groups in total. The maximum Gasteiger partial charge on any atom is 0.387 e. The molecule has 3 aliphatic heterocycles. The Balaban J connectivity index is 1.47. The summed E-state index contributed by atoms with van der Waals surface area (Å²) in [5.41, 5.74) is 0. The molecule has 28 heavy (non-hydrogen) atoms. The second-order valence-corrected chi connectivity index (χ2v) is 10.3. The van der Waals surface area contributed by atoms with Gasteiger partial charge < -0.3 is 9.64 Å². The van der Waals surface area contributed by atoms with E-state index < -0.39 is 16.6 Å². The molecule has 0 amide bonds. The number of hydrogen-bond donors (Lipinski definition) is 0. The average Bonchev–Trinajstić information content (AvgIpc) is 2.94. The van der Waals surface area contributed by atoms with Crippen molar-refractivity contribution in [1.29, 1.82) is 0 Å². The first-order valence-electron chi connectivity index (χ1n) is 10.2. The van der Waals surface area contributed by atoms with Crippen LogP contribution in [-0.4, -0.2) is 55.4 Å². The summed E-state index contributed by atoms with van der Waals surface area (Å²) in [5.74, 6) is 0.750. The van der Waals surface area contributed by atoms with Crippen molar-refractivity contribution in [3.63, 3.8) is 0 Å². The number of halogens is 2. The van der Waals surface area contributed by atoms with Gasteiger partial charge in [0.05, 0.1) is 4.90 Å². The van der Waals surface area contributed by atoms with Crippen LogP contribution in [0, 0.1) is 5.92 Å². The van der Waals surface area contributed by atoms with Crippen molar-refractivity contribution in [1.82, 2.24) is 9.21 Å². The average molecular weight is 415 g/mol. The summed E-state index contributed by atoms with van der Waals surface area (Å²) in [4.78, 5) is 2.71. The van der Waals surface area contributed by atoms with Gasteiger partial charge in [0.25, 0.3) is 0 Å². The van der Waals surface area contributed by atoms with Crippen LogP contribution >= 0.6 is 0 Å². The number of alkyl halides is 2. The van der Waals surface area contributed by atoms with Crippen LogP contribution in [0.1, 0.15) is 45.4 Å². The highest BCUT2D eigenvalue weighted by Crippen LogP contribution is 2.42. The summed E-state index contributed by atoms with van der Waals surface area (Å²) in [5, 5.41) is 0. The molecule has 8 heteroatoms. The summed E-state index contributed by atoms with van der Waals surface area (Å²) >= 11 is 0. The largest absolute Gasteiger partial charge is 0.435 e. The zero-order valence-electron chi connectivity index (χ0n) is 16.1. The van der Waals surface area contributed by atoms with Crippen molar-refractivity contribution < 1.29 is 21.9 Å². The summed E-state index contributed by atoms with van der Waals surface area (Å²) in [7, 11) is -3.63. The minimum Gasteiger partial charge on any atom is -0.435 e. The van der Waals surface area contributed by atoms with Crippen LogP contribution < -0.4 is 4.74 Å². The quantitative estimate of drug-likeness (QED) is 0.737. The lowest BCUT2D eigenvalue weighted by Gasteiger charge is -2.44. The van der Waals surface area contributed by atoms with E-state index in [1.807, 2.05) is 0 Å². The van der Waals surface area contributed by atoms with Gasteiger partial charge in [-0.1, -0.05) is 6.92 Å². The molecule has 2 bridgehead atoms. The van der Waals surface area contributed by atoms with E-state index in [-0.39, 0.29) is 22.7 Å². The topological polar surface area (TPSA) is 49.9 Å². The van der Waals surface area contributed by atoms with Crippen LogP contribution in [0.15, 0.2) is 29.2 Å². The van der Waals surface area contributed by atoms with E-state index in [2.05, 4.69) is 16.6 Å². The van der Waals surface area contributed by atoms with Gasteiger partial charge in [-0.2, -0.15) is 13.1 Å². The SMILES string of the molecule is CC1CCN([C@@H]2C[C@H]3CC[C@@H](C2)N3S(=O)(=O)c2ccc(OC(F)F)cc2)CC1. The normalized spacial score (nSPS) is 30.1. The second-order valence-electron chi connectivity index (χ2n) is 8.41. The number of ether oxygens (including phenoxy) is 1. The van der Waals surface area contributed by atoms with E-state index in [4.69, 9.17) is 0 Å². The third kappa shape index (κ3) is 3.91. The molecule has 5 nitrogen and oxygen atoms in total. The van der Waals surface area contributed by atoms with E-state index in [0.29, 0.717) is 6.04 Å². The smallest absolute Gasteiger partial charge is 0.387 e. The Hall–Kier alpha value is -1.25. The van der Waals surface area contributed by atoms with Gasteiger partial charge in [0.2, 0.25) is 10.0 Å². The number of fused-ring (bicyclic) bond motifs is 2. The molecular weight excluding hydrogens is 386 g/mol. The molecule has 1 aromatic carbocycles. The van der Waals surface area contributed by atoms with Crippen LogP contribution in [0.2, 0.25) is 0 Å². The molecule has 0 unspecified atom stereocenters. The van der Waals surface area contributed by atoms with Gasteiger partial charge in [-0.05, 0) is 81.8 Å². The number of likely N-dealkylation sites (tertiary alicyclic amines) is 1. The fourth-order valence-electron chi connectivity index (χ4n) is 5.10. The first-order chi connectivity index (χ1) is 13.3. The van der Waals surface area contributed by atoms with Gasteiger partial charge in [0.1, 0.15) is 5.75 Å². The second kappa shape index (κ2) is 7.88. The molecule has 0 spiro atoms. The van der Waals surface area contributed by atoms with Crippen molar-refractivity contribution in [2.24, 2.45) is 5.92 Å². The summed E-state index contributed by atoms with van der Waals surface area (Å²) in [6, 6.07) is 5.86. The number of hydrogen-bond acceptors (Lipinski definition) is 4. The van der Waals surface area contributed by atoms with Crippen LogP contribution in [0.4, 0.5) is 8.78 Å². The predicted octanol–water partition coefficient (Wildman–Crippen LogP) is 3.70. The third-order valence-corrected chi connectivity index (χ3v) is 8.62. The molecule has 0 aromatic heterocycles. The molecule has 0 saturated carbocycles. The molecule has 156 valence electrons. The highest BCUT2D eigenvalue weighted by atomic mass is 32.2. The van der Waals surface area contributed by atoms with Crippen LogP contribution in [0.5, 0.6) is 5.75 Å². The van der Waals surface area contributed by atoms with Gasteiger partial charge in [-0.15, -0.1) is 0 Å². The van der Waals surface area contributed by atoms with Crippen LogP contribution in [0.25, 0.3) is 0 Å².